The van der Waals surface area contributed by atoms with Gasteiger partial charge in [0.15, 0.2) is 5.69 Å². The van der Waals surface area contributed by atoms with Gasteiger partial charge in [-0.05, 0) is 56.2 Å². The third-order valence-electron chi connectivity index (χ3n) is 6.34. The molecular weight excluding hydrogens is 477 g/mol. The molecule has 10 heteroatoms. The molecule has 1 aromatic heterocycles. The number of amides is 3. The van der Waals surface area contributed by atoms with E-state index in [2.05, 4.69) is 15.7 Å². The number of carbonyl (C=O) groups is 3. The molecule has 0 unspecified atom stereocenters. The van der Waals surface area contributed by atoms with E-state index in [0.717, 1.165) is 16.9 Å². The number of aromatic nitrogens is 2. The fourth-order valence-electron chi connectivity index (χ4n) is 4.04. The molecule has 2 N–H and O–H groups in total. The van der Waals surface area contributed by atoms with Crippen LogP contribution in [0.1, 0.15) is 52.9 Å². The standard InChI is InChI=1S/C27H30FN5O4/c1-17(2)37-21-11-7-19(8-12-21)14-29-24(34)22-13-23-25(35)32(4)27(3,16-33(23)31-22)26(36)30-15-18-5-9-20(28)10-6-18/h5-13,17H,14-16H2,1-4H3,(H,29,34)(H,30,36)/t27-/m1/s1. The number of likely N-dealkylation sites (N-methyl/N-ethyl adjacent to an activating group) is 1. The summed E-state index contributed by atoms with van der Waals surface area (Å²) in [5.41, 5.74) is 0.696. The topological polar surface area (TPSA) is 106 Å². The molecule has 194 valence electrons. The Labute approximate surface area is 214 Å². The largest absolute Gasteiger partial charge is 0.491 e. The number of rotatable bonds is 8. The van der Waals surface area contributed by atoms with Gasteiger partial charge in [0.1, 0.15) is 22.8 Å². The van der Waals surface area contributed by atoms with Crippen LogP contribution in [-0.2, 0) is 24.4 Å². The molecule has 0 bridgehead atoms. The zero-order chi connectivity index (χ0) is 26.7. The van der Waals surface area contributed by atoms with Crippen molar-refractivity contribution in [2.24, 2.45) is 0 Å². The van der Waals surface area contributed by atoms with Gasteiger partial charge >= 0.3 is 0 Å². The minimum absolute atomic E-state index is 0.0713. The molecule has 37 heavy (non-hydrogen) atoms. The van der Waals surface area contributed by atoms with Gasteiger partial charge in [0.05, 0.1) is 12.6 Å². The van der Waals surface area contributed by atoms with E-state index in [0.29, 0.717) is 0 Å². The number of nitrogens with one attached hydrogen (secondary N) is 2. The van der Waals surface area contributed by atoms with Crippen molar-refractivity contribution in [1.82, 2.24) is 25.3 Å². The summed E-state index contributed by atoms with van der Waals surface area (Å²) in [5, 5.41) is 9.93. The number of hydrogen-bond donors (Lipinski definition) is 2. The normalized spacial score (nSPS) is 16.9. The lowest BCUT2D eigenvalue weighted by Gasteiger charge is -2.40. The molecule has 1 aliphatic heterocycles. The lowest BCUT2D eigenvalue weighted by molar-refractivity contribution is -0.132. The number of hydrogen-bond acceptors (Lipinski definition) is 5. The van der Waals surface area contributed by atoms with Gasteiger partial charge in [-0.1, -0.05) is 24.3 Å². The van der Waals surface area contributed by atoms with Crippen molar-refractivity contribution >= 4 is 17.7 Å². The Morgan fingerprint density at radius 2 is 1.65 bits per heavy atom. The van der Waals surface area contributed by atoms with Crippen molar-refractivity contribution in [3.8, 4) is 5.75 Å². The molecule has 0 fully saturated rings. The SMILES string of the molecule is CC(C)Oc1ccc(CNC(=O)c2cc3n(n2)C[C@](C)(C(=O)NCc2ccc(F)cc2)N(C)C3=O)cc1. The van der Waals surface area contributed by atoms with Crippen LogP contribution in [0.15, 0.2) is 54.6 Å². The maximum atomic E-state index is 13.1. The van der Waals surface area contributed by atoms with Crippen molar-refractivity contribution in [2.75, 3.05) is 7.05 Å². The van der Waals surface area contributed by atoms with Gasteiger partial charge < -0.3 is 20.3 Å². The van der Waals surface area contributed by atoms with Crippen molar-refractivity contribution in [1.29, 1.82) is 0 Å². The third kappa shape index (κ3) is 5.63. The number of halogens is 1. The van der Waals surface area contributed by atoms with Gasteiger partial charge in [0.2, 0.25) is 5.91 Å². The molecule has 0 radical (unpaired) electrons. The molecule has 4 rings (SSSR count). The van der Waals surface area contributed by atoms with Crippen LogP contribution >= 0.6 is 0 Å². The minimum Gasteiger partial charge on any atom is -0.491 e. The van der Waals surface area contributed by atoms with Crippen LogP contribution in [0.25, 0.3) is 0 Å². The molecule has 2 heterocycles. The summed E-state index contributed by atoms with van der Waals surface area (Å²) >= 11 is 0. The number of carbonyl (C=O) groups excluding carboxylic acids is 3. The molecule has 3 amide bonds. The molecule has 1 atom stereocenters. The first kappa shape index (κ1) is 25.9. The Hall–Kier alpha value is -4.21. The summed E-state index contributed by atoms with van der Waals surface area (Å²) in [6, 6.07) is 14.6. The van der Waals surface area contributed by atoms with Gasteiger partial charge in [-0.15, -0.1) is 0 Å². The number of ether oxygens (including phenoxy) is 1. The van der Waals surface area contributed by atoms with E-state index in [1.54, 1.807) is 26.1 Å². The smallest absolute Gasteiger partial charge is 0.272 e. The van der Waals surface area contributed by atoms with Gasteiger partial charge in [0, 0.05) is 26.2 Å². The summed E-state index contributed by atoms with van der Waals surface area (Å²) in [6.07, 6.45) is 0.0713. The Morgan fingerprint density at radius 1 is 1.05 bits per heavy atom. The highest BCUT2D eigenvalue weighted by Crippen LogP contribution is 2.26. The average molecular weight is 508 g/mol. The zero-order valence-corrected chi connectivity index (χ0v) is 21.2. The number of benzene rings is 2. The molecule has 3 aromatic rings. The van der Waals surface area contributed by atoms with E-state index < -0.39 is 17.4 Å². The van der Waals surface area contributed by atoms with Crippen molar-refractivity contribution in [2.45, 2.75) is 52.0 Å². The molecule has 9 nitrogen and oxygen atoms in total. The highest BCUT2D eigenvalue weighted by Gasteiger charge is 2.46. The van der Waals surface area contributed by atoms with Crippen LogP contribution in [0.5, 0.6) is 5.75 Å². The second kappa shape index (κ2) is 10.4. The van der Waals surface area contributed by atoms with Crippen LogP contribution in [0.3, 0.4) is 0 Å². The highest BCUT2D eigenvalue weighted by atomic mass is 19.1. The Morgan fingerprint density at radius 3 is 2.27 bits per heavy atom. The second-order valence-corrected chi connectivity index (χ2v) is 9.51. The van der Waals surface area contributed by atoms with Crippen molar-refractivity contribution in [3.05, 3.63) is 82.9 Å². The number of nitrogens with zero attached hydrogens (tertiary/aromatic N) is 3. The Kier molecular flexibility index (Phi) is 7.28. The fraction of sp³-hybridized carbons (Fsp3) is 0.333. The predicted molar refractivity (Wildman–Crippen MR) is 134 cm³/mol. The maximum Gasteiger partial charge on any atom is 0.272 e. The quantitative estimate of drug-likeness (QED) is 0.488. The second-order valence-electron chi connectivity index (χ2n) is 9.51. The highest BCUT2D eigenvalue weighted by molar-refractivity contribution is 6.01. The summed E-state index contributed by atoms with van der Waals surface area (Å²) in [7, 11) is 1.54. The van der Waals surface area contributed by atoms with E-state index in [4.69, 9.17) is 4.74 Å². The van der Waals surface area contributed by atoms with Crippen molar-refractivity contribution in [3.63, 3.8) is 0 Å². The first-order valence-corrected chi connectivity index (χ1v) is 12.0. The monoisotopic (exact) mass is 507 g/mol. The summed E-state index contributed by atoms with van der Waals surface area (Å²) < 4.78 is 20.2. The van der Waals surface area contributed by atoms with Gasteiger partial charge in [0.25, 0.3) is 11.8 Å². The van der Waals surface area contributed by atoms with Crippen LogP contribution in [0.4, 0.5) is 4.39 Å². The van der Waals surface area contributed by atoms with Crippen LogP contribution in [0.2, 0.25) is 0 Å². The van der Waals surface area contributed by atoms with Crippen LogP contribution in [0, 0.1) is 5.82 Å². The molecule has 0 aliphatic carbocycles. The Balaban J connectivity index is 1.41. The van der Waals surface area contributed by atoms with E-state index in [1.807, 2.05) is 38.1 Å². The Bertz CT molecular complexity index is 1300. The lowest BCUT2D eigenvalue weighted by Crippen LogP contribution is -2.62. The zero-order valence-electron chi connectivity index (χ0n) is 21.2. The van der Waals surface area contributed by atoms with Gasteiger partial charge in [-0.2, -0.15) is 5.10 Å². The van der Waals surface area contributed by atoms with E-state index in [1.165, 1.54) is 27.8 Å². The maximum absolute atomic E-state index is 13.1. The van der Waals surface area contributed by atoms with Crippen molar-refractivity contribution < 1.29 is 23.5 Å². The lowest BCUT2D eigenvalue weighted by atomic mass is 9.96. The average Bonchev–Trinajstić information content (AvgIpc) is 3.30. The predicted octanol–water partition coefficient (Wildman–Crippen LogP) is 2.90. The molecular formula is C27H30FN5O4. The van der Waals surface area contributed by atoms with Crippen LogP contribution < -0.4 is 15.4 Å². The number of fused-ring (bicyclic) bond motifs is 1. The first-order chi connectivity index (χ1) is 17.6. The van der Waals surface area contributed by atoms with Crippen LogP contribution in [-0.4, -0.2) is 51.1 Å². The van der Waals surface area contributed by atoms with E-state index in [-0.39, 0.29) is 48.9 Å². The first-order valence-electron chi connectivity index (χ1n) is 12.0. The molecule has 2 aromatic carbocycles. The summed E-state index contributed by atoms with van der Waals surface area (Å²) in [5.74, 6) is -0.843. The molecule has 0 saturated heterocycles. The third-order valence-corrected chi connectivity index (χ3v) is 6.34. The summed E-state index contributed by atoms with van der Waals surface area (Å²) in [4.78, 5) is 40.3. The van der Waals surface area contributed by atoms with Gasteiger partial charge in [-0.25, -0.2) is 4.39 Å². The summed E-state index contributed by atoms with van der Waals surface area (Å²) in [6.45, 7) is 6.07. The fourth-order valence-corrected chi connectivity index (χ4v) is 4.04. The molecule has 0 saturated carbocycles. The molecule has 1 aliphatic rings. The van der Waals surface area contributed by atoms with E-state index in [9.17, 15) is 18.8 Å². The minimum atomic E-state index is -1.23. The molecule has 0 spiro atoms. The van der Waals surface area contributed by atoms with E-state index >= 15 is 0 Å². The van der Waals surface area contributed by atoms with Gasteiger partial charge in [-0.3, -0.25) is 19.1 Å².